The maximum Gasteiger partial charge on any atom is 0.303 e. The summed E-state index contributed by atoms with van der Waals surface area (Å²) in [6.07, 6.45) is 3.46. The van der Waals surface area contributed by atoms with Crippen LogP contribution in [0, 0.1) is 0 Å². The molecule has 2 heterocycles. The zero-order valence-corrected chi connectivity index (χ0v) is 6.95. The predicted octanol–water partition coefficient (Wildman–Crippen LogP) is 0.848. The number of aromatic nitrogens is 2. The molecule has 0 unspecified atom stereocenters. The molecule has 0 fully saturated rings. The fraction of sp³-hybridized carbons (Fsp3) is 0.286. The van der Waals surface area contributed by atoms with Gasteiger partial charge in [0.05, 0.1) is 12.3 Å². The first kappa shape index (κ1) is 7.64. The number of aliphatic hydroxyl groups excluding tert-OH is 1. The third-order valence-electron chi connectivity index (χ3n) is 1.59. The van der Waals surface area contributed by atoms with Gasteiger partial charge in [0.1, 0.15) is 0 Å². The normalized spacial score (nSPS) is 15.0. The van der Waals surface area contributed by atoms with Crippen molar-refractivity contribution in [2.75, 3.05) is 0 Å². The Hall–Kier alpha value is -1.00. The van der Waals surface area contributed by atoms with E-state index in [1.54, 1.807) is 16.8 Å². The van der Waals surface area contributed by atoms with Crippen LogP contribution in [0.1, 0.15) is 5.69 Å². The smallest absolute Gasteiger partial charge is 0.303 e. The molecule has 0 bridgehead atoms. The first-order chi connectivity index (χ1) is 5.79. The summed E-state index contributed by atoms with van der Waals surface area (Å²) < 4.78 is 6.86. The molecule has 0 aliphatic carbocycles. The Morgan fingerprint density at radius 3 is 3.33 bits per heavy atom. The van der Waals surface area contributed by atoms with Crippen LogP contribution in [-0.2, 0) is 13.2 Å². The van der Waals surface area contributed by atoms with Crippen LogP contribution in [0.25, 0.3) is 0 Å². The van der Waals surface area contributed by atoms with Gasteiger partial charge in [-0.2, -0.15) is 4.98 Å². The van der Waals surface area contributed by atoms with Gasteiger partial charge < -0.3 is 9.84 Å². The fourth-order valence-electron chi connectivity index (χ4n) is 1.04. The second-order valence-corrected chi connectivity index (χ2v) is 2.81. The molecule has 0 amide bonds. The molecule has 12 heavy (non-hydrogen) atoms. The van der Waals surface area contributed by atoms with E-state index in [0.717, 1.165) is 0 Å². The Morgan fingerprint density at radius 2 is 2.58 bits per heavy atom. The summed E-state index contributed by atoms with van der Waals surface area (Å²) in [6.45, 7) is 0.558. The number of hydrogen-bond donors (Lipinski definition) is 1. The van der Waals surface area contributed by atoms with Crippen molar-refractivity contribution in [1.29, 1.82) is 0 Å². The van der Waals surface area contributed by atoms with Crippen LogP contribution in [0.2, 0.25) is 0 Å². The van der Waals surface area contributed by atoms with Crippen molar-refractivity contribution in [3.05, 3.63) is 23.2 Å². The van der Waals surface area contributed by atoms with Crippen LogP contribution in [0.3, 0.4) is 0 Å². The minimum Gasteiger partial charge on any atom is -0.413 e. The molecule has 0 spiro atoms. The van der Waals surface area contributed by atoms with E-state index >= 15 is 0 Å². The SMILES string of the molecule is OCc1cn2c(n1)OC(Cl)=CC2. The molecule has 1 aromatic rings. The van der Waals surface area contributed by atoms with Gasteiger partial charge in [0.2, 0.25) is 0 Å². The van der Waals surface area contributed by atoms with E-state index in [1.165, 1.54) is 0 Å². The van der Waals surface area contributed by atoms with Crippen LogP contribution in [-0.4, -0.2) is 14.7 Å². The largest absolute Gasteiger partial charge is 0.413 e. The standard InChI is InChI=1S/C7H7ClN2O2/c8-6-1-2-10-3-5(4-11)9-7(10)12-6/h1,3,11H,2,4H2. The van der Waals surface area contributed by atoms with Gasteiger partial charge in [-0.05, 0) is 17.7 Å². The lowest BCUT2D eigenvalue weighted by atomic mass is 10.5. The van der Waals surface area contributed by atoms with Gasteiger partial charge in [0, 0.05) is 12.7 Å². The van der Waals surface area contributed by atoms with Crippen LogP contribution >= 0.6 is 11.6 Å². The number of hydrogen-bond acceptors (Lipinski definition) is 3. The van der Waals surface area contributed by atoms with Crippen molar-refractivity contribution in [2.24, 2.45) is 0 Å². The Balaban J connectivity index is 2.33. The van der Waals surface area contributed by atoms with Gasteiger partial charge in [-0.15, -0.1) is 0 Å². The molecular formula is C7H7ClN2O2. The molecule has 1 aromatic heterocycles. The lowest BCUT2D eigenvalue weighted by molar-refractivity contribution is 0.276. The maximum absolute atomic E-state index is 8.77. The summed E-state index contributed by atoms with van der Waals surface area (Å²) >= 11 is 5.62. The fourth-order valence-corrected chi connectivity index (χ4v) is 1.18. The quantitative estimate of drug-likeness (QED) is 0.708. The number of fused-ring (bicyclic) bond motifs is 1. The van der Waals surface area contributed by atoms with Gasteiger partial charge in [0.15, 0.2) is 5.22 Å². The lowest BCUT2D eigenvalue weighted by Gasteiger charge is -2.10. The second kappa shape index (κ2) is 2.80. The Bertz CT molecular complexity index is 332. The van der Waals surface area contributed by atoms with Crippen LogP contribution in [0.4, 0.5) is 0 Å². The molecule has 0 saturated carbocycles. The third-order valence-corrected chi connectivity index (χ3v) is 1.82. The van der Waals surface area contributed by atoms with Gasteiger partial charge in [-0.1, -0.05) is 0 Å². The average molecular weight is 187 g/mol. The molecule has 5 heteroatoms. The summed E-state index contributed by atoms with van der Waals surface area (Å²) in [5, 5.41) is 9.10. The number of imidazole rings is 1. The highest BCUT2D eigenvalue weighted by atomic mass is 35.5. The number of allylic oxidation sites excluding steroid dienone is 1. The highest BCUT2D eigenvalue weighted by Crippen LogP contribution is 2.20. The van der Waals surface area contributed by atoms with E-state index in [0.29, 0.717) is 23.5 Å². The zero-order valence-electron chi connectivity index (χ0n) is 6.20. The zero-order chi connectivity index (χ0) is 8.55. The monoisotopic (exact) mass is 186 g/mol. The van der Waals surface area contributed by atoms with Crippen LogP contribution in [0.15, 0.2) is 17.5 Å². The first-order valence-corrected chi connectivity index (χ1v) is 3.88. The van der Waals surface area contributed by atoms with E-state index < -0.39 is 0 Å². The maximum atomic E-state index is 8.77. The van der Waals surface area contributed by atoms with Crippen molar-refractivity contribution < 1.29 is 9.84 Å². The van der Waals surface area contributed by atoms with Crippen molar-refractivity contribution in [3.8, 4) is 6.01 Å². The number of nitrogens with zero attached hydrogens (tertiary/aromatic N) is 2. The van der Waals surface area contributed by atoms with Gasteiger partial charge >= 0.3 is 6.01 Å². The molecular weight excluding hydrogens is 180 g/mol. The minimum absolute atomic E-state index is 0.0824. The van der Waals surface area contributed by atoms with E-state index in [-0.39, 0.29) is 6.61 Å². The molecule has 2 rings (SSSR count). The predicted molar refractivity (Wildman–Crippen MR) is 42.7 cm³/mol. The average Bonchev–Trinajstić information content (AvgIpc) is 2.46. The van der Waals surface area contributed by atoms with Crippen molar-refractivity contribution in [1.82, 2.24) is 9.55 Å². The summed E-state index contributed by atoms with van der Waals surface area (Å²) in [5.41, 5.74) is 0.588. The molecule has 0 radical (unpaired) electrons. The van der Waals surface area contributed by atoms with Crippen molar-refractivity contribution >= 4 is 11.6 Å². The van der Waals surface area contributed by atoms with Crippen LogP contribution in [0.5, 0.6) is 6.01 Å². The third kappa shape index (κ3) is 1.19. The number of ether oxygens (including phenoxy) is 1. The summed E-state index contributed by atoms with van der Waals surface area (Å²) in [4.78, 5) is 3.99. The molecule has 0 aromatic carbocycles. The van der Waals surface area contributed by atoms with Gasteiger partial charge in [-0.3, -0.25) is 4.57 Å². The second-order valence-electron chi connectivity index (χ2n) is 2.44. The Labute approximate surface area is 74.0 Å². The molecule has 4 nitrogen and oxygen atoms in total. The van der Waals surface area contributed by atoms with E-state index in [9.17, 15) is 0 Å². The minimum atomic E-state index is -0.0824. The van der Waals surface area contributed by atoms with E-state index in [1.807, 2.05) is 0 Å². The molecule has 64 valence electrons. The summed E-state index contributed by atoms with van der Waals surface area (Å²) in [7, 11) is 0. The highest BCUT2D eigenvalue weighted by Gasteiger charge is 2.13. The van der Waals surface area contributed by atoms with Gasteiger partial charge in [0.25, 0.3) is 0 Å². The lowest BCUT2D eigenvalue weighted by Crippen LogP contribution is -2.06. The van der Waals surface area contributed by atoms with Gasteiger partial charge in [-0.25, -0.2) is 0 Å². The van der Waals surface area contributed by atoms with Crippen molar-refractivity contribution in [3.63, 3.8) is 0 Å². The topological polar surface area (TPSA) is 47.3 Å². The molecule has 1 aliphatic rings. The molecule has 0 saturated heterocycles. The number of aliphatic hydroxyl groups is 1. The number of rotatable bonds is 1. The first-order valence-electron chi connectivity index (χ1n) is 3.50. The Kier molecular flexibility index (Phi) is 1.78. The van der Waals surface area contributed by atoms with Crippen LogP contribution < -0.4 is 4.74 Å². The summed E-state index contributed by atoms with van der Waals surface area (Å²) in [6, 6.07) is 0.437. The van der Waals surface area contributed by atoms with Crippen molar-refractivity contribution in [2.45, 2.75) is 13.2 Å². The van der Waals surface area contributed by atoms with E-state index in [2.05, 4.69) is 4.98 Å². The molecule has 0 atom stereocenters. The molecule has 1 N–H and O–H groups in total. The number of halogens is 1. The highest BCUT2D eigenvalue weighted by molar-refractivity contribution is 6.28. The Morgan fingerprint density at radius 1 is 1.75 bits per heavy atom. The summed E-state index contributed by atoms with van der Waals surface area (Å²) in [5.74, 6) is 0. The molecule has 1 aliphatic heterocycles. The van der Waals surface area contributed by atoms with E-state index in [4.69, 9.17) is 21.4 Å².